The van der Waals surface area contributed by atoms with E-state index in [1.54, 1.807) is 6.92 Å². The van der Waals surface area contributed by atoms with E-state index >= 15 is 0 Å². The van der Waals surface area contributed by atoms with E-state index in [1.165, 1.54) is 0 Å². The Balaban J connectivity index is 1.95. The molecule has 1 aromatic rings. The van der Waals surface area contributed by atoms with Crippen LogP contribution in [0.3, 0.4) is 0 Å². The zero-order valence-electron chi connectivity index (χ0n) is 11.7. The topological polar surface area (TPSA) is 75.7 Å². The second-order valence-corrected chi connectivity index (χ2v) is 5.15. The third-order valence-corrected chi connectivity index (χ3v) is 3.71. The van der Waals surface area contributed by atoms with Gasteiger partial charge in [0.05, 0.1) is 0 Å². The lowest BCUT2D eigenvalue weighted by molar-refractivity contribution is 0.0693. The second-order valence-electron chi connectivity index (χ2n) is 5.15. The van der Waals surface area contributed by atoms with Crippen LogP contribution >= 0.6 is 0 Å². The van der Waals surface area contributed by atoms with E-state index in [0.717, 1.165) is 30.5 Å². The average molecular weight is 284 g/mol. The number of hydrogen-bond donors (Lipinski definition) is 1. The predicted octanol–water partition coefficient (Wildman–Crippen LogP) is 3.05. The molecule has 0 saturated carbocycles. The van der Waals surface area contributed by atoms with Gasteiger partial charge in [-0.15, -0.1) is 0 Å². The van der Waals surface area contributed by atoms with Crippen LogP contribution in [0, 0.1) is 6.92 Å². The molecule has 1 aliphatic heterocycles. The predicted molar refractivity (Wildman–Crippen MR) is 78.8 cm³/mol. The average Bonchev–Trinajstić information content (AvgIpc) is 2.90. The van der Waals surface area contributed by atoms with Gasteiger partial charge in [-0.25, -0.2) is 4.79 Å². The van der Waals surface area contributed by atoms with Crippen molar-refractivity contribution in [2.24, 2.45) is 4.99 Å². The molecule has 1 aliphatic carbocycles. The quantitative estimate of drug-likeness (QED) is 0.925. The maximum absolute atomic E-state index is 11.4. The Morgan fingerprint density at radius 2 is 2.29 bits per heavy atom. The van der Waals surface area contributed by atoms with Crippen LogP contribution in [-0.4, -0.2) is 29.0 Å². The van der Waals surface area contributed by atoms with Crippen molar-refractivity contribution in [3.8, 4) is 0 Å². The summed E-state index contributed by atoms with van der Waals surface area (Å²) in [5.74, 6) is -0.725. The first-order valence-electron chi connectivity index (χ1n) is 6.95. The third-order valence-electron chi connectivity index (χ3n) is 3.71. The summed E-state index contributed by atoms with van der Waals surface area (Å²) in [4.78, 5) is 15.6. The fraction of sp³-hybridized carbons (Fsp3) is 0.312. The van der Waals surface area contributed by atoms with Gasteiger partial charge in [0.15, 0.2) is 0 Å². The van der Waals surface area contributed by atoms with Crippen LogP contribution in [0.2, 0.25) is 0 Å². The lowest BCUT2D eigenvalue weighted by Crippen LogP contribution is -2.09. The summed E-state index contributed by atoms with van der Waals surface area (Å²) >= 11 is 0. The van der Waals surface area contributed by atoms with Crippen LogP contribution in [0.15, 0.2) is 45.0 Å². The molecule has 3 rings (SSSR count). The number of allylic oxidation sites excluding steroid dienone is 5. The van der Waals surface area contributed by atoms with Crippen LogP contribution < -0.4 is 0 Å². The Morgan fingerprint density at radius 3 is 3.00 bits per heavy atom. The SMILES string of the molecule is Cc1onc(C2C=C(C3=CCCN=C3)C=CC2)c1C(=O)O. The van der Waals surface area contributed by atoms with Crippen molar-refractivity contribution < 1.29 is 14.4 Å². The Labute approximate surface area is 122 Å². The normalized spacial score (nSPS) is 21.1. The van der Waals surface area contributed by atoms with E-state index in [0.29, 0.717) is 11.5 Å². The van der Waals surface area contributed by atoms with Crippen molar-refractivity contribution in [1.29, 1.82) is 0 Å². The lowest BCUT2D eigenvalue weighted by Gasteiger charge is -2.17. The molecule has 1 unspecified atom stereocenters. The Bertz CT molecular complexity index is 692. The van der Waals surface area contributed by atoms with Gasteiger partial charge >= 0.3 is 5.97 Å². The number of aryl methyl sites for hydroxylation is 1. The van der Waals surface area contributed by atoms with E-state index in [1.807, 2.05) is 24.4 Å². The van der Waals surface area contributed by atoms with Gasteiger partial charge in [-0.3, -0.25) is 4.99 Å². The first kappa shape index (κ1) is 13.5. The molecule has 1 N–H and O–H groups in total. The van der Waals surface area contributed by atoms with Gasteiger partial charge in [-0.05, 0) is 30.9 Å². The summed E-state index contributed by atoms with van der Waals surface area (Å²) in [6, 6.07) is 0. The molecule has 108 valence electrons. The Hall–Kier alpha value is -2.43. The summed E-state index contributed by atoms with van der Waals surface area (Å²) in [7, 11) is 0. The van der Waals surface area contributed by atoms with Crippen molar-refractivity contribution in [3.05, 3.63) is 52.5 Å². The van der Waals surface area contributed by atoms with Gasteiger partial charge < -0.3 is 9.63 Å². The third kappa shape index (κ3) is 2.59. The molecule has 0 saturated heterocycles. The number of aromatic nitrogens is 1. The van der Waals surface area contributed by atoms with Gasteiger partial charge in [0.1, 0.15) is 17.0 Å². The van der Waals surface area contributed by atoms with Crippen LogP contribution in [0.1, 0.15) is 40.6 Å². The first-order chi connectivity index (χ1) is 10.2. The van der Waals surface area contributed by atoms with Gasteiger partial charge in [0.25, 0.3) is 0 Å². The molecule has 0 aromatic carbocycles. The minimum Gasteiger partial charge on any atom is -0.477 e. The fourth-order valence-corrected chi connectivity index (χ4v) is 2.67. The molecule has 21 heavy (non-hydrogen) atoms. The summed E-state index contributed by atoms with van der Waals surface area (Å²) in [5.41, 5.74) is 2.82. The Kier molecular flexibility index (Phi) is 3.56. The first-order valence-corrected chi connectivity index (χ1v) is 6.95. The molecule has 0 spiro atoms. The fourth-order valence-electron chi connectivity index (χ4n) is 2.67. The zero-order valence-corrected chi connectivity index (χ0v) is 11.7. The molecule has 5 heteroatoms. The maximum atomic E-state index is 11.4. The molecule has 1 atom stereocenters. The van der Waals surface area contributed by atoms with Gasteiger partial charge in [-0.2, -0.15) is 0 Å². The molecule has 2 heterocycles. The van der Waals surface area contributed by atoms with Crippen molar-refractivity contribution in [3.63, 3.8) is 0 Å². The maximum Gasteiger partial charge on any atom is 0.341 e. The zero-order chi connectivity index (χ0) is 14.8. The highest BCUT2D eigenvalue weighted by Gasteiger charge is 2.26. The van der Waals surface area contributed by atoms with Crippen molar-refractivity contribution in [1.82, 2.24) is 5.16 Å². The molecular formula is C16H16N2O3. The molecule has 5 nitrogen and oxygen atoms in total. The van der Waals surface area contributed by atoms with Gasteiger partial charge in [-0.1, -0.05) is 29.5 Å². The number of aromatic carboxylic acids is 1. The van der Waals surface area contributed by atoms with Crippen molar-refractivity contribution >= 4 is 12.2 Å². The molecule has 0 amide bonds. The van der Waals surface area contributed by atoms with E-state index < -0.39 is 5.97 Å². The summed E-state index contributed by atoms with van der Waals surface area (Å²) < 4.78 is 5.07. The van der Waals surface area contributed by atoms with Crippen LogP contribution in [0.4, 0.5) is 0 Å². The number of carboxylic acids is 1. The minimum absolute atomic E-state index is 0.0789. The molecule has 1 aromatic heterocycles. The molecule has 0 radical (unpaired) electrons. The summed E-state index contributed by atoms with van der Waals surface area (Å²) in [5, 5.41) is 13.3. The number of nitrogens with zero attached hydrogens (tertiary/aromatic N) is 2. The van der Waals surface area contributed by atoms with Gasteiger partial charge in [0.2, 0.25) is 0 Å². The van der Waals surface area contributed by atoms with Gasteiger partial charge in [0, 0.05) is 18.7 Å². The second kappa shape index (κ2) is 5.52. The minimum atomic E-state index is -0.994. The summed E-state index contributed by atoms with van der Waals surface area (Å²) in [6.07, 6.45) is 11.8. The number of aliphatic imine (C=N–C) groups is 1. The van der Waals surface area contributed by atoms with E-state index in [2.05, 4.69) is 16.2 Å². The summed E-state index contributed by atoms with van der Waals surface area (Å²) in [6.45, 7) is 2.45. The molecule has 2 aliphatic rings. The highest BCUT2D eigenvalue weighted by Crippen LogP contribution is 2.32. The molecule has 0 fully saturated rings. The molecule has 0 bridgehead atoms. The number of rotatable bonds is 3. The van der Waals surface area contributed by atoms with Crippen molar-refractivity contribution in [2.75, 3.05) is 6.54 Å². The van der Waals surface area contributed by atoms with E-state index in [-0.39, 0.29) is 11.5 Å². The van der Waals surface area contributed by atoms with Crippen LogP contribution in [0.5, 0.6) is 0 Å². The Morgan fingerprint density at radius 1 is 1.43 bits per heavy atom. The lowest BCUT2D eigenvalue weighted by atomic mass is 9.88. The van der Waals surface area contributed by atoms with Crippen molar-refractivity contribution in [2.45, 2.75) is 25.7 Å². The highest BCUT2D eigenvalue weighted by atomic mass is 16.5. The van der Waals surface area contributed by atoms with Crippen LogP contribution in [-0.2, 0) is 0 Å². The largest absolute Gasteiger partial charge is 0.477 e. The smallest absolute Gasteiger partial charge is 0.341 e. The van der Waals surface area contributed by atoms with Crippen LogP contribution in [0.25, 0.3) is 0 Å². The highest BCUT2D eigenvalue weighted by molar-refractivity contribution is 5.90. The molecular weight excluding hydrogens is 268 g/mol. The number of carbonyl (C=O) groups is 1. The number of dihydropyridines is 1. The number of carboxylic acid groups (broad SMARTS) is 1. The number of hydrogen-bond acceptors (Lipinski definition) is 4. The monoisotopic (exact) mass is 284 g/mol. The van der Waals surface area contributed by atoms with E-state index in [9.17, 15) is 9.90 Å². The standard InChI is InChI=1S/C16H16N2O3/c1-10-14(16(19)20)15(18-21-10)12-5-2-4-11(8-12)13-6-3-7-17-9-13/h2,4,6,8-9,12H,3,5,7H2,1H3,(H,19,20). The van der Waals surface area contributed by atoms with E-state index in [4.69, 9.17) is 4.52 Å².